The Hall–Kier alpha value is -2.66. The van der Waals surface area contributed by atoms with Gasteiger partial charge in [-0.2, -0.15) is 0 Å². The van der Waals surface area contributed by atoms with Gasteiger partial charge in [0, 0.05) is 22.8 Å². The van der Waals surface area contributed by atoms with Crippen molar-refractivity contribution in [3.63, 3.8) is 0 Å². The third-order valence-electron chi connectivity index (χ3n) is 5.51. The summed E-state index contributed by atoms with van der Waals surface area (Å²) in [6, 6.07) is 11.3. The Balaban J connectivity index is 1.87. The van der Waals surface area contributed by atoms with Crippen LogP contribution in [0.15, 0.2) is 54.2 Å². The van der Waals surface area contributed by atoms with Crippen LogP contribution in [0.3, 0.4) is 0 Å². The monoisotopic (exact) mass is 396 g/mol. The minimum Gasteiger partial charge on any atom is -0.507 e. The standard InChI is InChI=1S/C22H21ClN2O3/c23-15-8-6-7-14(13-15)20(26)18-19(17-11-4-5-12-24-17)25(22(28)21(18)27)16-9-2-1-3-10-16/h4-8,11-13,16,19,26H,1-3,9-10H2/b20-18-. The predicted molar refractivity (Wildman–Crippen MR) is 107 cm³/mol. The van der Waals surface area contributed by atoms with Crippen LogP contribution in [0.1, 0.15) is 49.4 Å². The van der Waals surface area contributed by atoms with Gasteiger partial charge in [-0.25, -0.2) is 0 Å². The highest BCUT2D eigenvalue weighted by atomic mass is 35.5. The molecule has 2 aliphatic rings. The number of carbonyl (C=O) groups is 2. The first-order chi connectivity index (χ1) is 13.6. The van der Waals surface area contributed by atoms with Gasteiger partial charge >= 0.3 is 0 Å². The molecule has 1 aromatic heterocycles. The topological polar surface area (TPSA) is 70.5 Å². The summed E-state index contributed by atoms with van der Waals surface area (Å²) < 4.78 is 0. The van der Waals surface area contributed by atoms with Crippen molar-refractivity contribution in [1.82, 2.24) is 9.88 Å². The number of hydrogen-bond acceptors (Lipinski definition) is 4. The number of ketones is 1. The van der Waals surface area contributed by atoms with Gasteiger partial charge in [0.1, 0.15) is 11.8 Å². The minimum atomic E-state index is -0.691. The molecule has 1 aliphatic heterocycles. The van der Waals surface area contributed by atoms with E-state index in [-0.39, 0.29) is 17.4 Å². The van der Waals surface area contributed by atoms with Gasteiger partial charge in [-0.15, -0.1) is 0 Å². The van der Waals surface area contributed by atoms with E-state index in [1.54, 1.807) is 47.5 Å². The van der Waals surface area contributed by atoms with Crippen LogP contribution < -0.4 is 0 Å². The number of pyridine rings is 1. The molecule has 2 aromatic rings. The fraction of sp³-hybridized carbons (Fsp3) is 0.318. The Kier molecular flexibility index (Phi) is 5.18. The van der Waals surface area contributed by atoms with Gasteiger partial charge in [-0.1, -0.05) is 49.1 Å². The highest BCUT2D eigenvalue weighted by molar-refractivity contribution is 6.46. The number of rotatable bonds is 3. The van der Waals surface area contributed by atoms with Crippen LogP contribution in [0, 0.1) is 0 Å². The number of halogens is 1. The third kappa shape index (κ3) is 3.31. The predicted octanol–water partition coefficient (Wildman–Crippen LogP) is 4.49. The average Bonchev–Trinajstić information content (AvgIpc) is 2.99. The van der Waals surface area contributed by atoms with Gasteiger partial charge in [0.2, 0.25) is 0 Å². The van der Waals surface area contributed by atoms with Gasteiger partial charge in [0.05, 0.1) is 11.3 Å². The van der Waals surface area contributed by atoms with Crippen molar-refractivity contribution in [2.24, 2.45) is 0 Å². The molecule has 0 radical (unpaired) electrons. The molecule has 2 fully saturated rings. The summed E-state index contributed by atoms with van der Waals surface area (Å²) in [4.78, 5) is 32.0. The zero-order valence-electron chi connectivity index (χ0n) is 15.3. The number of likely N-dealkylation sites (tertiary alicyclic amines) is 1. The molecule has 1 saturated heterocycles. The summed E-state index contributed by atoms with van der Waals surface area (Å²) in [7, 11) is 0. The average molecular weight is 397 g/mol. The van der Waals surface area contributed by atoms with Crippen LogP contribution in [-0.2, 0) is 9.59 Å². The Labute approximate surface area is 168 Å². The van der Waals surface area contributed by atoms with Gasteiger partial charge < -0.3 is 10.0 Å². The molecule has 1 aliphatic carbocycles. The lowest BCUT2D eigenvalue weighted by Crippen LogP contribution is -2.40. The van der Waals surface area contributed by atoms with E-state index in [1.165, 1.54) is 0 Å². The Morgan fingerprint density at radius 2 is 1.86 bits per heavy atom. The maximum atomic E-state index is 13.0. The van der Waals surface area contributed by atoms with E-state index in [1.807, 2.05) is 6.07 Å². The Morgan fingerprint density at radius 3 is 2.54 bits per heavy atom. The quantitative estimate of drug-likeness (QED) is 0.471. The summed E-state index contributed by atoms with van der Waals surface area (Å²) in [6.45, 7) is 0. The molecular weight excluding hydrogens is 376 g/mol. The van der Waals surface area contributed by atoms with Gasteiger partial charge in [0.25, 0.3) is 11.7 Å². The Morgan fingerprint density at radius 1 is 1.07 bits per heavy atom. The van der Waals surface area contributed by atoms with Gasteiger partial charge in [0.15, 0.2) is 0 Å². The molecule has 28 heavy (non-hydrogen) atoms. The number of amides is 1. The van der Waals surface area contributed by atoms with E-state index in [0.29, 0.717) is 16.3 Å². The molecule has 5 nitrogen and oxygen atoms in total. The second-order valence-corrected chi connectivity index (χ2v) is 7.70. The molecule has 6 heteroatoms. The third-order valence-corrected chi connectivity index (χ3v) is 5.75. The Bertz CT molecular complexity index is 936. The number of benzene rings is 1. The van der Waals surface area contributed by atoms with Crippen LogP contribution in [0.5, 0.6) is 0 Å². The van der Waals surface area contributed by atoms with Crippen molar-refractivity contribution < 1.29 is 14.7 Å². The summed E-state index contributed by atoms with van der Waals surface area (Å²) in [5.41, 5.74) is 1.07. The first kappa shape index (κ1) is 18.7. The van der Waals surface area contributed by atoms with E-state index in [9.17, 15) is 14.7 Å². The highest BCUT2D eigenvalue weighted by Gasteiger charge is 2.49. The van der Waals surface area contributed by atoms with Crippen LogP contribution >= 0.6 is 11.6 Å². The van der Waals surface area contributed by atoms with Crippen LogP contribution in [0.4, 0.5) is 0 Å². The normalized spacial score (nSPS) is 22.6. The molecule has 0 bridgehead atoms. The summed E-state index contributed by atoms with van der Waals surface area (Å²) in [6.07, 6.45) is 6.53. The maximum Gasteiger partial charge on any atom is 0.295 e. The fourth-order valence-corrected chi connectivity index (χ4v) is 4.40. The van der Waals surface area contributed by atoms with E-state index in [4.69, 9.17) is 11.6 Å². The number of Topliss-reactive ketones (excluding diaryl/α,β-unsaturated/α-hetero) is 1. The first-order valence-corrected chi connectivity index (χ1v) is 9.92. The SMILES string of the molecule is O=C1C(=O)N(C2CCCCC2)C(c2ccccn2)/C1=C(/O)c1cccc(Cl)c1. The van der Waals surface area contributed by atoms with Crippen molar-refractivity contribution in [2.45, 2.75) is 44.2 Å². The lowest BCUT2D eigenvalue weighted by atomic mass is 9.92. The first-order valence-electron chi connectivity index (χ1n) is 9.55. The molecule has 1 aromatic carbocycles. The van der Waals surface area contributed by atoms with Crippen molar-refractivity contribution in [2.75, 3.05) is 0 Å². The minimum absolute atomic E-state index is 0.0260. The zero-order chi connectivity index (χ0) is 19.7. The molecule has 1 atom stereocenters. The summed E-state index contributed by atoms with van der Waals surface area (Å²) in [5.74, 6) is -1.44. The second kappa shape index (κ2) is 7.76. The molecule has 1 N–H and O–H groups in total. The molecule has 4 rings (SSSR count). The number of aromatic nitrogens is 1. The van der Waals surface area contributed by atoms with Crippen LogP contribution in [-0.4, -0.2) is 32.7 Å². The van der Waals surface area contributed by atoms with Crippen molar-refractivity contribution in [1.29, 1.82) is 0 Å². The molecule has 1 unspecified atom stereocenters. The fourth-order valence-electron chi connectivity index (χ4n) is 4.21. The van der Waals surface area contributed by atoms with E-state index in [2.05, 4.69) is 4.98 Å². The number of carbonyl (C=O) groups excluding carboxylic acids is 2. The molecule has 1 saturated carbocycles. The molecule has 144 valence electrons. The smallest absolute Gasteiger partial charge is 0.295 e. The summed E-state index contributed by atoms with van der Waals surface area (Å²) in [5, 5.41) is 11.4. The van der Waals surface area contributed by atoms with Gasteiger partial charge in [-0.3, -0.25) is 14.6 Å². The number of aliphatic hydroxyl groups is 1. The van der Waals surface area contributed by atoms with E-state index < -0.39 is 17.7 Å². The van der Waals surface area contributed by atoms with Crippen LogP contribution in [0.2, 0.25) is 5.02 Å². The lowest BCUT2D eigenvalue weighted by Gasteiger charge is -2.35. The van der Waals surface area contributed by atoms with Crippen molar-refractivity contribution in [3.8, 4) is 0 Å². The second-order valence-electron chi connectivity index (χ2n) is 7.26. The van der Waals surface area contributed by atoms with Crippen LogP contribution in [0.25, 0.3) is 5.76 Å². The molecule has 0 spiro atoms. The lowest BCUT2D eigenvalue weighted by molar-refractivity contribution is -0.141. The van der Waals surface area contributed by atoms with E-state index in [0.717, 1.165) is 32.1 Å². The molecule has 2 heterocycles. The molecule has 1 amide bonds. The number of aliphatic hydroxyl groups excluding tert-OH is 1. The van der Waals surface area contributed by atoms with Gasteiger partial charge in [-0.05, 0) is 37.1 Å². The number of nitrogens with zero attached hydrogens (tertiary/aromatic N) is 2. The zero-order valence-corrected chi connectivity index (χ0v) is 16.1. The maximum absolute atomic E-state index is 13.0. The van der Waals surface area contributed by atoms with Crippen molar-refractivity contribution in [3.05, 3.63) is 70.5 Å². The van der Waals surface area contributed by atoms with Crippen molar-refractivity contribution >= 4 is 29.1 Å². The largest absolute Gasteiger partial charge is 0.507 e. The highest BCUT2D eigenvalue weighted by Crippen LogP contribution is 2.42. The van der Waals surface area contributed by atoms with E-state index >= 15 is 0 Å². The summed E-state index contributed by atoms with van der Waals surface area (Å²) >= 11 is 6.06. The molecular formula is C22H21ClN2O3. The number of hydrogen-bond donors (Lipinski definition) is 1.